The van der Waals surface area contributed by atoms with Gasteiger partial charge in [-0.1, -0.05) is 18.2 Å². The van der Waals surface area contributed by atoms with E-state index in [1.165, 1.54) is 5.69 Å². The molecule has 4 rings (SSSR count). The molecule has 0 spiro atoms. The SMILES string of the molecule is COc1ccc2ncc(C(N)CC(=O)N3CCN(c4ccccc4)CC3)cc2c1. The van der Waals surface area contributed by atoms with E-state index in [-0.39, 0.29) is 18.4 Å². The number of hydrogen-bond acceptors (Lipinski definition) is 5. The first-order valence-corrected chi connectivity index (χ1v) is 9.91. The zero-order valence-electron chi connectivity index (χ0n) is 16.6. The summed E-state index contributed by atoms with van der Waals surface area (Å²) in [4.78, 5) is 21.5. The smallest absolute Gasteiger partial charge is 0.224 e. The summed E-state index contributed by atoms with van der Waals surface area (Å²) in [5, 5.41) is 0.959. The minimum atomic E-state index is -0.377. The Balaban J connectivity index is 1.38. The lowest BCUT2D eigenvalue weighted by Crippen LogP contribution is -2.49. The number of methoxy groups -OCH3 is 1. The van der Waals surface area contributed by atoms with Crippen molar-refractivity contribution in [2.75, 3.05) is 38.2 Å². The van der Waals surface area contributed by atoms with Crippen molar-refractivity contribution in [2.24, 2.45) is 5.73 Å². The van der Waals surface area contributed by atoms with E-state index in [2.05, 4.69) is 22.0 Å². The van der Waals surface area contributed by atoms with Crippen LogP contribution in [-0.2, 0) is 4.79 Å². The average molecular weight is 390 g/mol. The molecule has 1 aliphatic heterocycles. The second-order valence-electron chi connectivity index (χ2n) is 7.34. The lowest BCUT2D eigenvalue weighted by atomic mass is 10.0. The van der Waals surface area contributed by atoms with Crippen molar-refractivity contribution < 1.29 is 9.53 Å². The van der Waals surface area contributed by atoms with Crippen molar-refractivity contribution in [3.8, 4) is 5.75 Å². The van der Waals surface area contributed by atoms with Crippen LogP contribution in [0.5, 0.6) is 5.75 Å². The normalized spacial score (nSPS) is 15.4. The van der Waals surface area contributed by atoms with E-state index < -0.39 is 0 Å². The highest BCUT2D eigenvalue weighted by molar-refractivity contribution is 5.81. The molecule has 2 aromatic carbocycles. The molecular formula is C23H26N4O2. The van der Waals surface area contributed by atoms with Crippen LogP contribution >= 0.6 is 0 Å². The molecule has 2 N–H and O–H groups in total. The number of carbonyl (C=O) groups excluding carboxylic acids is 1. The number of piperazine rings is 1. The lowest BCUT2D eigenvalue weighted by molar-refractivity contribution is -0.131. The Morgan fingerprint density at radius 1 is 1.10 bits per heavy atom. The van der Waals surface area contributed by atoms with E-state index in [0.29, 0.717) is 13.1 Å². The van der Waals surface area contributed by atoms with Gasteiger partial charge in [0.2, 0.25) is 5.91 Å². The number of carbonyl (C=O) groups is 1. The second kappa shape index (κ2) is 8.49. The number of ether oxygens (including phenoxy) is 1. The van der Waals surface area contributed by atoms with E-state index in [0.717, 1.165) is 35.3 Å². The number of rotatable bonds is 5. The molecule has 1 amide bonds. The number of para-hydroxylation sites is 1. The van der Waals surface area contributed by atoms with Crippen LogP contribution in [0.4, 0.5) is 5.69 Å². The third-order valence-electron chi connectivity index (χ3n) is 5.49. The Labute approximate surface area is 170 Å². The molecule has 1 fully saturated rings. The van der Waals surface area contributed by atoms with Gasteiger partial charge in [0.05, 0.1) is 12.6 Å². The molecule has 0 saturated carbocycles. The molecule has 6 nitrogen and oxygen atoms in total. The molecule has 1 atom stereocenters. The first-order valence-electron chi connectivity index (χ1n) is 9.91. The van der Waals surface area contributed by atoms with Crippen LogP contribution in [0, 0.1) is 0 Å². The van der Waals surface area contributed by atoms with E-state index in [1.54, 1.807) is 13.3 Å². The number of fused-ring (bicyclic) bond motifs is 1. The number of hydrogen-bond donors (Lipinski definition) is 1. The van der Waals surface area contributed by atoms with Crippen molar-refractivity contribution in [1.29, 1.82) is 0 Å². The third kappa shape index (κ3) is 4.32. The quantitative estimate of drug-likeness (QED) is 0.725. The summed E-state index contributed by atoms with van der Waals surface area (Å²) in [6.07, 6.45) is 2.04. The number of anilines is 1. The maximum absolute atomic E-state index is 12.8. The summed E-state index contributed by atoms with van der Waals surface area (Å²) >= 11 is 0. The van der Waals surface area contributed by atoms with Gasteiger partial charge in [-0.3, -0.25) is 9.78 Å². The third-order valence-corrected chi connectivity index (χ3v) is 5.49. The van der Waals surface area contributed by atoms with Crippen LogP contribution in [0.1, 0.15) is 18.0 Å². The number of nitrogens with zero attached hydrogens (tertiary/aromatic N) is 3. The maximum atomic E-state index is 12.8. The Bertz CT molecular complexity index is 985. The highest BCUT2D eigenvalue weighted by Crippen LogP contribution is 2.24. The summed E-state index contributed by atoms with van der Waals surface area (Å²) in [6, 6.07) is 17.7. The van der Waals surface area contributed by atoms with Crippen LogP contribution in [0.25, 0.3) is 10.9 Å². The Morgan fingerprint density at radius 2 is 1.86 bits per heavy atom. The molecule has 0 bridgehead atoms. The Morgan fingerprint density at radius 3 is 2.59 bits per heavy atom. The summed E-state index contributed by atoms with van der Waals surface area (Å²) in [5.41, 5.74) is 9.30. The van der Waals surface area contributed by atoms with Crippen LogP contribution in [0.3, 0.4) is 0 Å². The molecule has 2 heterocycles. The number of nitrogens with two attached hydrogens (primary N) is 1. The zero-order chi connectivity index (χ0) is 20.2. The van der Waals surface area contributed by atoms with Crippen LogP contribution < -0.4 is 15.4 Å². The Kier molecular flexibility index (Phi) is 5.62. The molecule has 1 saturated heterocycles. The van der Waals surface area contributed by atoms with E-state index in [9.17, 15) is 4.79 Å². The van der Waals surface area contributed by atoms with Gasteiger partial charge in [-0.05, 0) is 42.0 Å². The summed E-state index contributed by atoms with van der Waals surface area (Å²) in [5.74, 6) is 0.869. The minimum Gasteiger partial charge on any atom is -0.497 e. The fourth-order valence-electron chi connectivity index (χ4n) is 3.74. The van der Waals surface area contributed by atoms with Crippen molar-refractivity contribution >= 4 is 22.5 Å². The average Bonchev–Trinajstić information content (AvgIpc) is 2.79. The standard InChI is InChI=1S/C23H26N4O2/c1-29-20-7-8-22-17(14-20)13-18(16-25-22)21(24)15-23(28)27-11-9-26(10-12-27)19-5-3-2-4-6-19/h2-8,13-14,16,21H,9-12,15,24H2,1H3. The van der Waals surface area contributed by atoms with Gasteiger partial charge in [-0.15, -0.1) is 0 Å². The first kappa shape index (κ1) is 19.2. The molecule has 1 aromatic heterocycles. The highest BCUT2D eigenvalue weighted by Gasteiger charge is 2.23. The fourth-order valence-corrected chi connectivity index (χ4v) is 3.74. The molecule has 6 heteroatoms. The summed E-state index contributed by atoms with van der Waals surface area (Å²) < 4.78 is 5.28. The topological polar surface area (TPSA) is 71.7 Å². The van der Waals surface area contributed by atoms with Gasteiger partial charge in [0.1, 0.15) is 5.75 Å². The van der Waals surface area contributed by atoms with Gasteiger partial charge in [-0.2, -0.15) is 0 Å². The molecule has 0 radical (unpaired) electrons. The monoisotopic (exact) mass is 390 g/mol. The van der Waals surface area contributed by atoms with Crippen LogP contribution in [0.15, 0.2) is 60.8 Å². The second-order valence-corrected chi connectivity index (χ2v) is 7.34. The molecule has 1 unspecified atom stereocenters. The van der Waals surface area contributed by atoms with E-state index in [4.69, 9.17) is 10.5 Å². The number of benzene rings is 2. The molecule has 3 aromatic rings. The summed E-state index contributed by atoms with van der Waals surface area (Å²) in [7, 11) is 1.64. The number of aromatic nitrogens is 1. The van der Waals surface area contributed by atoms with Crippen molar-refractivity contribution in [1.82, 2.24) is 9.88 Å². The van der Waals surface area contributed by atoms with E-state index in [1.807, 2.05) is 47.4 Å². The molecule has 0 aliphatic carbocycles. The van der Waals surface area contributed by atoms with Crippen molar-refractivity contribution in [3.63, 3.8) is 0 Å². The number of pyridine rings is 1. The summed E-state index contributed by atoms with van der Waals surface area (Å²) in [6.45, 7) is 3.10. The van der Waals surface area contributed by atoms with Gasteiger partial charge in [0.15, 0.2) is 0 Å². The maximum Gasteiger partial charge on any atom is 0.224 e. The predicted molar refractivity (Wildman–Crippen MR) is 115 cm³/mol. The minimum absolute atomic E-state index is 0.0935. The fraction of sp³-hybridized carbons (Fsp3) is 0.304. The zero-order valence-corrected chi connectivity index (χ0v) is 16.6. The van der Waals surface area contributed by atoms with Crippen LogP contribution in [0.2, 0.25) is 0 Å². The molecular weight excluding hydrogens is 364 g/mol. The molecule has 29 heavy (non-hydrogen) atoms. The van der Waals surface area contributed by atoms with Gasteiger partial charge < -0.3 is 20.3 Å². The van der Waals surface area contributed by atoms with Gasteiger partial charge >= 0.3 is 0 Å². The van der Waals surface area contributed by atoms with Crippen molar-refractivity contribution in [2.45, 2.75) is 12.5 Å². The lowest BCUT2D eigenvalue weighted by Gasteiger charge is -2.36. The molecule has 1 aliphatic rings. The largest absolute Gasteiger partial charge is 0.497 e. The Hall–Kier alpha value is -3.12. The first-order chi connectivity index (χ1) is 14.1. The van der Waals surface area contributed by atoms with Gasteiger partial charge in [-0.25, -0.2) is 0 Å². The van der Waals surface area contributed by atoms with Crippen LogP contribution in [-0.4, -0.2) is 49.1 Å². The number of amides is 1. The van der Waals surface area contributed by atoms with E-state index >= 15 is 0 Å². The van der Waals surface area contributed by atoms with Gasteiger partial charge in [0, 0.05) is 55.9 Å². The predicted octanol–water partition coefficient (Wildman–Crippen LogP) is 2.98. The van der Waals surface area contributed by atoms with Gasteiger partial charge in [0.25, 0.3) is 0 Å². The highest BCUT2D eigenvalue weighted by atomic mass is 16.5. The molecule has 150 valence electrons. The van der Waals surface area contributed by atoms with Crippen molar-refractivity contribution in [3.05, 3.63) is 66.4 Å².